The van der Waals surface area contributed by atoms with E-state index in [9.17, 15) is 0 Å². The summed E-state index contributed by atoms with van der Waals surface area (Å²) in [5, 5.41) is 7.00. The Morgan fingerprint density at radius 1 is 1.03 bits per heavy atom. The van der Waals surface area contributed by atoms with Crippen molar-refractivity contribution in [3.8, 4) is 5.75 Å². The summed E-state index contributed by atoms with van der Waals surface area (Å²) in [4.78, 5) is 6.99. The maximum Gasteiger partial charge on any atom is 0.191 e. The highest BCUT2D eigenvalue weighted by molar-refractivity contribution is 5.79. The van der Waals surface area contributed by atoms with Gasteiger partial charge in [0.2, 0.25) is 0 Å². The summed E-state index contributed by atoms with van der Waals surface area (Å²) in [5.74, 6) is 1.70. The van der Waals surface area contributed by atoms with Crippen LogP contribution >= 0.6 is 0 Å². The molecule has 3 rings (SSSR count). The van der Waals surface area contributed by atoms with Gasteiger partial charge in [0.05, 0.1) is 19.8 Å². The second-order valence-electron chi connectivity index (χ2n) is 7.74. The summed E-state index contributed by atoms with van der Waals surface area (Å²) < 4.78 is 10.9. The number of hydrogen-bond acceptors (Lipinski definition) is 4. The molecule has 168 valence electrons. The Hall–Kier alpha value is -2.57. The molecular weight excluding hydrogens is 388 g/mol. The smallest absolute Gasteiger partial charge is 0.191 e. The molecular formula is C25H36N4O2. The van der Waals surface area contributed by atoms with Crippen LogP contribution < -0.4 is 15.4 Å². The predicted molar refractivity (Wildman–Crippen MR) is 127 cm³/mol. The van der Waals surface area contributed by atoms with Crippen LogP contribution in [-0.2, 0) is 17.9 Å². The summed E-state index contributed by atoms with van der Waals surface area (Å²) >= 11 is 0. The van der Waals surface area contributed by atoms with Crippen LogP contribution in [0.1, 0.15) is 42.5 Å². The van der Waals surface area contributed by atoms with Gasteiger partial charge in [0.25, 0.3) is 0 Å². The minimum Gasteiger partial charge on any atom is -0.497 e. The Balaban J connectivity index is 1.62. The lowest BCUT2D eigenvalue weighted by molar-refractivity contribution is 0.133. The summed E-state index contributed by atoms with van der Waals surface area (Å²) in [7, 11) is 3.52. The summed E-state index contributed by atoms with van der Waals surface area (Å²) in [6, 6.07) is 17.1. The lowest BCUT2D eigenvalue weighted by atomic mass is 10.1. The molecule has 1 heterocycles. The van der Waals surface area contributed by atoms with E-state index in [4.69, 9.17) is 9.47 Å². The molecule has 0 radical (unpaired) electrons. The zero-order valence-corrected chi connectivity index (χ0v) is 19.1. The molecule has 1 aliphatic heterocycles. The monoisotopic (exact) mass is 424 g/mol. The summed E-state index contributed by atoms with van der Waals surface area (Å²) in [6.07, 6.45) is 2.52. The second-order valence-corrected chi connectivity index (χ2v) is 7.74. The van der Waals surface area contributed by atoms with Crippen molar-refractivity contribution in [2.75, 3.05) is 40.4 Å². The topological polar surface area (TPSA) is 58.1 Å². The molecule has 31 heavy (non-hydrogen) atoms. The first-order valence-corrected chi connectivity index (χ1v) is 11.2. The van der Waals surface area contributed by atoms with E-state index in [-0.39, 0.29) is 0 Å². The van der Waals surface area contributed by atoms with Gasteiger partial charge in [-0.15, -0.1) is 0 Å². The van der Waals surface area contributed by atoms with Crippen LogP contribution in [-0.4, -0.2) is 51.3 Å². The maximum absolute atomic E-state index is 5.61. The Morgan fingerprint density at radius 3 is 2.39 bits per heavy atom. The van der Waals surface area contributed by atoms with Crippen molar-refractivity contribution in [2.45, 2.75) is 39.0 Å². The van der Waals surface area contributed by atoms with Gasteiger partial charge in [-0.2, -0.15) is 0 Å². The van der Waals surface area contributed by atoms with Gasteiger partial charge < -0.3 is 20.1 Å². The Kier molecular flexibility index (Phi) is 9.18. The van der Waals surface area contributed by atoms with Crippen molar-refractivity contribution < 1.29 is 9.47 Å². The van der Waals surface area contributed by atoms with Crippen LogP contribution in [0, 0.1) is 0 Å². The van der Waals surface area contributed by atoms with Crippen molar-refractivity contribution in [2.24, 2.45) is 4.99 Å². The molecule has 0 aromatic heterocycles. The van der Waals surface area contributed by atoms with Gasteiger partial charge in [0.15, 0.2) is 5.96 Å². The van der Waals surface area contributed by atoms with E-state index in [1.54, 1.807) is 7.11 Å². The van der Waals surface area contributed by atoms with Crippen LogP contribution in [0.3, 0.4) is 0 Å². The minimum absolute atomic E-state index is 0.303. The number of guanidine groups is 1. The van der Waals surface area contributed by atoms with Crippen LogP contribution in [0.25, 0.3) is 0 Å². The van der Waals surface area contributed by atoms with E-state index < -0.39 is 0 Å². The molecule has 6 nitrogen and oxygen atoms in total. The molecule has 1 fully saturated rings. The van der Waals surface area contributed by atoms with E-state index >= 15 is 0 Å². The highest BCUT2D eigenvalue weighted by Gasteiger charge is 2.23. The van der Waals surface area contributed by atoms with Crippen LogP contribution in [0.2, 0.25) is 0 Å². The molecule has 1 atom stereocenters. The van der Waals surface area contributed by atoms with Crippen LogP contribution in [0.4, 0.5) is 0 Å². The molecule has 2 aromatic rings. The molecule has 2 aromatic carbocycles. The summed E-state index contributed by atoms with van der Waals surface area (Å²) in [6.45, 7) is 7.15. The lowest BCUT2D eigenvalue weighted by Crippen LogP contribution is -2.42. The molecule has 1 aliphatic rings. The fraction of sp³-hybridized carbons (Fsp3) is 0.480. The highest BCUT2D eigenvalue weighted by Crippen LogP contribution is 2.26. The number of benzene rings is 2. The molecule has 0 amide bonds. The van der Waals surface area contributed by atoms with Gasteiger partial charge in [-0.25, -0.2) is 0 Å². The fourth-order valence-electron chi connectivity index (χ4n) is 4.01. The van der Waals surface area contributed by atoms with E-state index in [1.807, 2.05) is 26.1 Å². The lowest BCUT2D eigenvalue weighted by Gasteiger charge is -2.29. The zero-order chi connectivity index (χ0) is 21.9. The molecule has 6 heteroatoms. The van der Waals surface area contributed by atoms with Crippen molar-refractivity contribution in [1.82, 2.24) is 15.5 Å². The first kappa shape index (κ1) is 23.1. The molecule has 1 unspecified atom stereocenters. The van der Waals surface area contributed by atoms with Crippen molar-refractivity contribution >= 4 is 5.96 Å². The number of likely N-dealkylation sites (tertiary alicyclic amines) is 1. The number of ether oxygens (including phenoxy) is 2. The standard InChI is InChI=1S/C25H36N4O2/c1-4-31-19-22-10-6-5-9-21(22)17-27-25(26-2)28-18-24(29-15-7-8-16-29)20-11-13-23(30-3)14-12-20/h5-6,9-14,24H,4,7-8,15-19H2,1-3H3,(H2,26,27,28). The molecule has 1 saturated heterocycles. The average Bonchev–Trinajstić information content (AvgIpc) is 3.35. The van der Waals surface area contributed by atoms with E-state index in [1.165, 1.54) is 29.5 Å². The average molecular weight is 425 g/mol. The Labute approximate surface area is 186 Å². The van der Waals surface area contributed by atoms with Gasteiger partial charge in [0.1, 0.15) is 5.75 Å². The number of hydrogen-bond donors (Lipinski definition) is 2. The quantitative estimate of drug-likeness (QED) is 0.450. The molecule has 0 saturated carbocycles. The van der Waals surface area contributed by atoms with Gasteiger partial charge in [-0.05, 0) is 61.7 Å². The Morgan fingerprint density at radius 2 is 1.74 bits per heavy atom. The molecule has 2 N–H and O–H groups in total. The number of aliphatic imine (C=N–C) groups is 1. The number of rotatable bonds is 10. The zero-order valence-electron chi connectivity index (χ0n) is 19.1. The van der Waals surface area contributed by atoms with Gasteiger partial charge in [0, 0.05) is 26.7 Å². The van der Waals surface area contributed by atoms with Gasteiger partial charge >= 0.3 is 0 Å². The normalized spacial score (nSPS) is 15.6. The van der Waals surface area contributed by atoms with Gasteiger partial charge in [-0.1, -0.05) is 36.4 Å². The SMILES string of the molecule is CCOCc1ccccc1CNC(=NC)NCC(c1ccc(OC)cc1)N1CCCC1. The van der Waals surface area contributed by atoms with E-state index in [2.05, 4.69) is 56.9 Å². The largest absolute Gasteiger partial charge is 0.497 e. The summed E-state index contributed by atoms with van der Waals surface area (Å²) in [5.41, 5.74) is 3.73. The van der Waals surface area contributed by atoms with Crippen molar-refractivity contribution in [3.05, 3.63) is 65.2 Å². The van der Waals surface area contributed by atoms with E-state index in [0.29, 0.717) is 25.8 Å². The maximum atomic E-state index is 5.61. The third-order valence-corrected chi connectivity index (χ3v) is 5.79. The molecule has 0 bridgehead atoms. The van der Waals surface area contributed by atoms with Crippen molar-refractivity contribution in [3.63, 3.8) is 0 Å². The highest BCUT2D eigenvalue weighted by atomic mass is 16.5. The predicted octanol–water partition coefficient (Wildman–Crippen LogP) is 3.73. The van der Waals surface area contributed by atoms with E-state index in [0.717, 1.165) is 31.3 Å². The number of nitrogens with zero attached hydrogens (tertiary/aromatic N) is 2. The van der Waals surface area contributed by atoms with Crippen LogP contribution in [0.15, 0.2) is 53.5 Å². The van der Waals surface area contributed by atoms with Crippen LogP contribution in [0.5, 0.6) is 5.75 Å². The molecule has 0 spiro atoms. The molecule has 0 aliphatic carbocycles. The number of nitrogens with one attached hydrogen (secondary N) is 2. The number of methoxy groups -OCH3 is 1. The van der Waals surface area contributed by atoms with Gasteiger partial charge in [-0.3, -0.25) is 9.89 Å². The first-order chi connectivity index (χ1) is 15.2. The fourth-order valence-corrected chi connectivity index (χ4v) is 4.01. The third kappa shape index (κ3) is 6.71. The first-order valence-electron chi connectivity index (χ1n) is 11.2. The second kappa shape index (κ2) is 12.3. The minimum atomic E-state index is 0.303. The van der Waals surface area contributed by atoms with Crippen molar-refractivity contribution in [1.29, 1.82) is 0 Å². The Bertz CT molecular complexity index is 817. The third-order valence-electron chi connectivity index (χ3n) is 5.79.